The van der Waals surface area contributed by atoms with Crippen LogP contribution in [0.25, 0.3) is 11.6 Å². The molecule has 9 nitrogen and oxygen atoms in total. The summed E-state index contributed by atoms with van der Waals surface area (Å²) in [6.07, 6.45) is 3.04. The smallest absolute Gasteiger partial charge is 0.340 e. The Kier molecular flexibility index (Phi) is 6.87. The molecule has 0 atom stereocenters. The van der Waals surface area contributed by atoms with E-state index in [0.29, 0.717) is 34.6 Å². The second-order valence-electron chi connectivity index (χ2n) is 7.91. The van der Waals surface area contributed by atoms with Crippen molar-refractivity contribution in [1.82, 2.24) is 9.88 Å². The molecule has 172 valence electrons. The van der Waals surface area contributed by atoms with Gasteiger partial charge in [-0.3, -0.25) is 4.79 Å². The third-order valence-corrected chi connectivity index (χ3v) is 6.14. The number of fused-ring (bicyclic) bond motifs is 1. The summed E-state index contributed by atoms with van der Waals surface area (Å²) in [6.45, 7) is 4.61. The first kappa shape index (κ1) is 23.7. The highest BCUT2D eigenvalue weighted by molar-refractivity contribution is 7.89. The van der Waals surface area contributed by atoms with E-state index in [1.165, 1.54) is 18.2 Å². The van der Waals surface area contributed by atoms with E-state index in [1.807, 2.05) is 14.1 Å². The Morgan fingerprint density at radius 3 is 2.62 bits per heavy atom. The highest BCUT2D eigenvalue weighted by Crippen LogP contribution is 2.35. The van der Waals surface area contributed by atoms with Crippen molar-refractivity contribution in [2.75, 3.05) is 32.6 Å². The van der Waals surface area contributed by atoms with Crippen molar-refractivity contribution in [3.05, 3.63) is 46.3 Å². The van der Waals surface area contributed by atoms with Crippen LogP contribution < -0.4 is 10.5 Å². The Morgan fingerprint density at radius 2 is 2.00 bits per heavy atom. The number of esters is 1. The first-order chi connectivity index (χ1) is 15.0. The van der Waals surface area contributed by atoms with Gasteiger partial charge in [0.25, 0.3) is 5.91 Å². The van der Waals surface area contributed by atoms with Crippen LogP contribution in [0.3, 0.4) is 0 Å². The lowest BCUT2D eigenvalue weighted by Crippen LogP contribution is -2.14. The van der Waals surface area contributed by atoms with Crippen LogP contribution in [0, 0.1) is 6.92 Å². The number of anilines is 1. The minimum absolute atomic E-state index is 0.0836. The number of rotatable bonds is 8. The van der Waals surface area contributed by atoms with Crippen LogP contribution >= 0.6 is 0 Å². The van der Waals surface area contributed by atoms with Crippen LogP contribution in [-0.2, 0) is 26.0 Å². The van der Waals surface area contributed by atoms with Gasteiger partial charge in [0.2, 0.25) is 10.0 Å². The van der Waals surface area contributed by atoms with Crippen LogP contribution in [-0.4, -0.2) is 57.4 Å². The van der Waals surface area contributed by atoms with Gasteiger partial charge in [0, 0.05) is 22.6 Å². The van der Waals surface area contributed by atoms with E-state index in [-0.39, 0.29) is 23.0 Å². The number of nitrogens with one attached hydrogen (secondary N) is 2. The largest absolute Gasteiger partial charge is 0.462 e. The van der Waals surface area contributed by atoms with E-state index >= 15 is 0 Å². The molecule has 0 unspecified atom stereocenters. The summed E-state index contributed by atoms with van der Waals surface area (Å²) >= 11 is 0. The van der Waals surface area contributed by atoms with Gasteiger partial charge in [-0.25, -0.2) is 18.4 Å². The third-order valence-electron chi connectivity index (χ3n) is 5.23. The van der Waals surface area contributed by atoms with Crippen molar-refractivity contribution in [3.8, 4) is 0 Å². The second kappa shape index (κ2) is 9.27. The number of primary sulfonamides is 1. The van der Waals surface area contributed by atoms with Gasteiger partial charge < -0.3 is 19.9 Å². The molecule has 1 aromatic carbocycles. The molecule has 1 aromatic heterocycles. The number of ether oxygens (including phenoxy) is 1. The third kappa shape index (κ3) is 4.93. The lowest BCUT2D eigenvalue weighted by atomic mass is 10.00. The molecular weight excluding hydrogens is 432 g/mol. The molecule has 0 saturated heterocycles. The lowest BCUT2D eigenvalue weighted by Gasteiger charge is -2.10. The van der Waals surface area contributed by atoms with E-state index < -0.39 is 16.0 Å². The van der Waals surface area contributed by atoms with Crippen LogP contribution in [0.2, 0.25) is 0 Å². The maximum absolute atomic E-state index is 12.7. The topological polar surface area (TPSA) is 135 Å². The van der Waals surface area contributed by atoms with Crippen LogP contribution in [0.5, 0.6) is 0 Å². The average Bonchev–Trinajstić information content (AvgIpc) is 3.17. The predicted molar refractivity (Wildman–Crippen MR) is 123 cm³/mol. The van der Waals surface area contributed by atoms with E-state index in [9.17, 15) is 18.0 Å². The molecule has 0 saturated carbocycles. The number of H-pyrrole nitrogens is 1. The Morgan fingerprint density at radius 1 is 1.28 bits per heavy atom. The molecule has 3 rings (SSSR count). The molecule has 10 heteroatoms. The molecule has 2 aromatic rings. The van der Waals surface area contributed by atoms with E-state index in [4.69, 9.17) is 9.88 Å². The molecule has 0 spiro atoms. The lowest BCUT2D eigenvalue weighted by molar-refractivity contribution is -0.110. The zero-order valence-electron chi connectivity index (χ0n) is 18.6. The number of nitrogens with two attached hydrogens (primary N) is 1. The van der Waals surface area contributed by atoms with Gasteiger partial charge in [-0.1, -0.05) is 0 Å². The summed E-state index contributed by atoms with van der Waals surface area (Å²) < 4.78 is 28.8. The van der Waals surface area contributed by atoms with Gasteiger partial charge in [0.15, 0.2) is 0 Å². The highest BCUT2D eigenvalue weighted by Gasteiger charge is 2.28. The molecule has 32 heavy (non-hydrogen) atoms. The summed E-state index contributed by atoms with van der Waals surface area (Å²) in [5.74, 6) is -0.783. The number of aryl methyl sites for hydroxylation is 1. The van der Waals surface area contributed by atoms with Crippen LogP contribution in [0.15, 0.2) is 23.1 Å². The van der Waals surface area contributed by atoms with E-state index in [2.05, 4.69) is 15.2 Å². The second-order valence-corrected chi connectivity index (χ2v) is 9.47. The first-order valence-electron chi connectivity index (χ1n) is 10.3. The minimum atomic E-state index is -3.93. The normalized spacial score (nSPS) is 14.7. The standard InChI is InChI=1S/C22H28N4O5S/c1-5-31-22(28)20-13(2)24-19(15(20)7-6-10-26(3)4)12-17-16-11-14(32(23,29)30)8-9-18(16)25-21(17)27/h8-9,11-12,24H,5-7,10H2,1-4H3,(H,25,27)(H2,23,29,30)/b17-12-. The number of carbonyl (C=O) groups excluding carboxylic acids is 2. The maximum atomic E-state index is 12.7. The zero-order chi connectivity index (χ0) is 23.6. The van der Waals surface area contributed by atoms with Crippen molar-refractivity contribution in [2.45, 2.75) is 31.6 Å². The Balaban J connectivity index is 2.11. The van der Waals surface area contributed by atoms with Gasteiger partial charge in [0.1, 0.15) is 0 Å². The predicted octanol–water partition coefficient (Wildman–Crippen LogP) is 2.13. The molecule has 4 N–H and O–H groups in total. The fourth-order valence-electron chi connectivity index (χ4n) is 3.77. The van der Waals surface area contributed by atoms with Gasteiger partial charge in [-0.05, 0) is 77.2 Å². The summed E-state index contributed by atoms with van der Waals surface area (Å²) in [4.78, 5) is 30.5. The number of hydrogen-bond acceptors (Lipinski definition) is 6. The number of nitrogens with zero attached hydrogens (tertiary/aromatic N) is 1. The van der Waals surface area contributed by atoms with Crippen molar-refractivity contribution < 1.29 is 22.7 Å². The van der Waals surface area contributed by atoms with E-state index in [0.717, 1.165) is 18.5 Å². The zero-order valence-corrected chi connectivity index (χ0v) is 19.4. The summed E-state index contributed by atoms with van der Waals surface area (Å²) in [5.41, 5.74) is 3.71. The Bertz CT molecular complexity index is 1200. The molecular formula is C22H28N4O5S. The van der Waals surface area contributed by atoms with Crippen LogP contribution in [0.4, 0.5) is 5.69 Å². The minimum Gasteiger partial charge on any atom is -0.462 e. The molecule has 1 aliphatic heterocycles. The van der Waals surface area contributed by atoms with Gasteiger partial charge >= 0.3 is 5.97 Å². The summed E-state index contributed by atoms with van der Waals surface area (Å²) in [5, 5.41) is 7.99. The Labute approximate surface area is 187 Å². The van der Waals surface area contributed by atoms with Gasteiger partial charge in [-0.2, -0.15) is 0 Å². The van der Waals surface area contributed by atoms with Gasteiger partial charge in [0.05, 0.1) is 22.6 Å². The number of hydrogen-bond donors (Lipinski definition) is 3. The van der Waals surface area contributed by atoms with Crippen molar-refractivity contribution in [3.63, 3.8) is 0 Å². The molecule has 0 aliphatic carbocycles. The number of benzene rings is 1. The number of aromatic nitrogens is 1. The quantitative estimate of drug-likeness (QED) is 0.408. The first-order valence-corrected chi connectivity index (χ1v) is 11.8. The fourth-order valence-corrected chi connectivity index (χ4v) is 4.31. The number of carbonyl (C=O) groups is 2. The molecule has 0 radical (unpaired) electrons. The monoisotopic (exact) mass is 460 g/mol. The fraction of sp³-hybridized carbons (Fsp3) is 0.364. The van der Waals surface area contributed by atoms with Gasteiger partial charge in [-0.15, -0.1) is 0 Å². The van der Waals surface area contributed by atoms with Crippen molar-refractivity contribution in [1.29, 1.82) is 0 Å². The van der Waals surface area contributed by atoms with Crippen molar-refractivity contribution >= 4 is 39.2 Å². The molecule has 0 fully saturated rings. The molecule has 1 aliphatic rings. The number of sulfonamides is 1. The van der Waals surface area contributed by atoms with Crippen molar-refractivity contribution in [2.24, 2.45) is 5.14 Å². The number of amides is 1. The van der Waals surface area contributed by atoms with E-state index in [1.54, 1.807) is 19.9 Å². The molecule has 2 heterocycles. The Hall–Kier alpha value is -2.95. The summed E-state index contributed by atoms with van der Waals surface area (Å²) in [6, 6.07) is 4.24. The molecule has 1 amide bonds. The SMILES string of the molecule is CCOC(=O)c1c(C)[nH]c(/C=C2\C(=O)Nc3ccc(S(N)(=O)=O)cc32)c1CCCN(C)C. The maximum Gasteiger partial charge on any atom is 0.340 e. The van der Waals surface area contributed by atoms with Crippen LogP contribution in [0.1, 0.15) is 46.2 Å². The number of aromatic amines is 1. The molecule has 0 bridgehead atoms. The highest BCUT2D eigenvalue weighted by atomic mass is 32.2. The summed E-state index contributed by atoms with van der Waals surface area (Å²) in [7, 11) is 0.0186. The average molecular weight is 461 g/mol.